The molecule has 0 aromatic carbocycles. The van der Waals surface area contributed by atoms with Crippen molar-refractivity contribution in [3.05, 3.63) is 17.0 Å². The molecule has 18 heavy (non-hydrogen) atoms. The van der Waals surface area contributed by atoms with Crippen molar-refractivity contribution in [3.8, 4) is 0 Å². The van der Waals surface area contributed by atoms with Gasteiger partial charge < -0.3 is 15.5 Å². The molecule has 0 radical (unpaired) electrons. The lowest BCUT2D eigenvalue weighted by molar-refractivity contribution is -0.144. The molecule has 100 valence electrons. The number of nitrogens with zero attached hydrogens (tertiary/aromatic N) is 1. The monoisotopic (exact) mass is 255 g/mol. The van der Waals surface area contributed by atoms with Gasteiger partial charge in [0.15, 0.2) is 6.04 Å². The van der Waals surface area contributed by atoms with E-state index in [1.807, 2.05) is 0 Å². The molecular weight excluding hydrogens is 238 g/mol. The number of aryl methyl sites for hydroxylation is 2. The van der Waals surface area contributed by atoms with Crippen molar-refractivity contribution < 1.29 is 19.8 Å². The van der Waals surface area contributed by atoms with Crippen LogP contribution in [0, 0.1) is 13.8 Å². The van der Waals surface area contributed by atoms with E-state index in [-0.39, 0.29) is 6.42 Å². The zero-order valence-electron chi connectivity index (χ0n) is 10.5. The molecular formula is C11H17N3O4. The Morgan fingerprint density at radius 1 is 1.44 bits per heavy atom. The van der Waals surface area contributed by atoms with Gasteiger partial charge in [-0.3, -0.25) is 9.89 Å². The van der Waals surface area contributed by atoms with Crippen LogP contribution in [0.5, 0.6) is 0 Å². The van der Waals surface area contributed by atoms with Crippen molar-refractivity contribution in [2.45, 2.75) is 39.3 Å². The third kappa shape index (κ3) is 3.30. The molecule has 0 unspecified atom stereocenters. The normalized spacial score (nSPS) is 14.0. The van der Waals surface area contributed by atoms with Crippen molar-refractivity contribution >= 4 is 11.9 Å². The van der Waals surface area contributed by atoms with E-state index in [1.54, 1.807) is 13.8 Å². The predicted octanol–water partition coefficient (Wildman–Crippen LogP) is -0.481. The van der Waals surface area contributed by atoms with Gasteiger partial charge in [-0.05, 0) is 20.8 Å². The fourth-order valence-electron chi connectivity index (χ4n) is 1.61. The molecule has 1 amide bonds. The third-order valence-electron chi connectivity index (χ3n) is 2.68. The number of aromatic amines is 1. The van der Waals surface area contributed by atoms with Crippen LogP contribution in [0.2, 0.25) is 0 Å². The van der Waals surface area contributed by atoms with E-state index in [4.69, 9.17) is 5.11 Å². The molecule has 0 saturated heterocycles. The molecule has 0 saturated carbocycles. The Bertz CT molecular complexity index is 434. The third-order valence-corrected chi connectivity index (χ3v) is 2.68. The maximum absolute atomic E-state index is 11.7. The van der Waals surface area contributed by atoms with Crippen LogP contribution in [0.25, 0.3) is 0 Å². The van der Waals surface area contributed by atoms with Crippen LogP contribution in [-0.4, -0.2) is 44.4 Å². The number of carbonyl (C=O) groups is 2. The van der Waals surface area contributed by atoms with Crippen LogP contribution in [-0.2, 0) is 16.0 Å². The maximum atomic E-state index is 11.7. The Kier molecular flexibility index (Phi) is 4.43. The summed E-state index contributed by atoms with van der Waals surface area (Å²) in [6.45, 7) is 4.86. The van der Waals surface area contributed by atoms with Crippen LogP contribution in [0.4, 0.5) is 0 Å². The molecule has 1 heterocycles. The minimum atomic E-state index is -1.30. The summed E-state index contributed by atoms with van der Waals surface area (Å²) in [4.78, 5) is 22.5. The lowest BCUT2D eigenvalue weighted by atomic mass is 10.1. The SMILES string of the molecule is Cc1n[nH]c(C)c1CC(=O)N[C@H](C(=O)O)[C@@H](C)O. The number of hydrogen-bond donors (Lipinski definition) is 4. The van der Waals surface area contributed by atoms with E-state index in [1.165, 1.54) is 6.92 Å². The second-order valence-electron chi connectivity index (χ2n) is 4.21. The quantitative estimate of drug-likeness (QED) is 0.567. The highest BCUT2D eigenvalue weighted by Crippen LogP contribution is 2.10. The zero-order valence-corrected chi connectivity index (χ0v) is 10.5. The number of aliphatic hydroxyl groups excluding tert-OH is 1. The van der Waals surface area contributed by atoms with Gasteiger partial charge in [-0.15, -0.1) is 0 Å². The predicted molar refractivity (Wildman–Crippen MR) is 63.0 cm³/mol. The maximum Gasteiger partial charge on any atom is 0.328 e. The van der Waals surface area contributed by atoms with Crippen molar-refractivity contribution in [1.29, 1.82) is 0 Å². The van der Waals surface area contributed by atoms with Crippen molar-refractivity contribution in [2.24, 2.45) is 0 Å². The highest BCUT2D eigenvalue weighted by atomic mass is 16.4. The molecule has 0 aliphatic rings. The van der Waals surface area contributed by atoms with E-state index in [0.717, 1.165) is 11.3 Å². The van der Waals surface area contributed by atoms with Gasteiger partial charge in [-0.25, -0.2) is 4.79 Å². The minimum absolute atomic E-state index is 0.0324. The zero-order chi connectivity index (χ0) is 13.9. The summed E-state index contributed by atoms with van der Waals surface area (Å²) in [5.74, 6) is -1.73. The summed E-state index contributed by atoms with van der Waals surface area (Å²) < 4.78 is 0. The smallest absolute Gasteiger partial charge is 0.328 e. The van der Waals surface area contributed by atoms with E-state index in [9.17, 15) is 14.7 Å². The first-order valence-electron chi connectivity index (χ1n) is 5.53. The van der Waals surface area contributed by atoms with Gasteiger partial charge in [0.05, 0.1) is 18.2 Å². The summed E-state index contributed by atoms with van der Waals surface area (Å²) in [5.41, 5.74) is 2.21. The first-order chi connectivity index (χ1) is 8.32. The van der Waals surface area contributed by atoms with Gasteiger partial charge in [-0.1, -0.05) is 0 Å². The number of H-pyrrole nitrogens is 1. The van der Waals surface area contributed by atoms with Crippen molar-refractivity contribution in [2.75, 3.05) is 0 Å². The Balaban J connectivity index is 2.69. The molecule has 0 aliphatic heterocycles. The number of carbonyl (C=O) groups excluding carboxylic acids is 1. The molecule has 0 fully saturated rings. The van der Waals surface area contributed by atoms with Crippen LogP contribution < -0.4 is 5.32 Å². The fourth-order valence-corrected chi connectivity index (χ4v) is 1.61. The molecule has 1 aromatic rings. The highest BCUT2D eigenvalue weighted by molar-refractivity contribution is 5.85. The summed E-state index contributed by atoms with van der Waals surface area (Å²) >= 11 is 0. The van der Waals surface area contributed by atoms with Gasteiger partial charge in [0.25, 0.3) is 0 Å². The topological polar surface area (TPSA) is 115 Å². The summed E-state index contributed by atoms with van der Waals surface area (Å²) in [6.07, 6.45) is -1.12. The first-order valence-corrected chi connectivity index (χ1v) is 5.53. The molecule has 4 N–H and O–H groups in total. The van der Waals surface area contributed by atoms with Crippen molar-refractivity contribution in [1.82, 2.24) is 15.5 Å². The van der Waals surface area contributed by atoms with Crippen LogP contribution in [0.1, 0.15) is 23.9 Å². The number of amides is 1. The van der Waals surface area contributed by atoms with Crippen molar-refractivity contribution in [3.63, 3.8) is 0 Å². The fraction of sp³-hybridized carbons (Fsp3) is 0.545. The summed E-state index contributed by atoms with van der Waals surface area (Å²) in [5, 5.41) is 27.1. The number of aliphatic carboxylic acids is 1. The number of hydrogen-bond acceptors (Lipinski definition) is 4. The lowest BCUT2D eigenvalue weighted by Gasteiger charge is -2.16. The molecule has 2 atom stereocenters. The van der Waals surface area contributed by atoms with E-state index >= 15 is 0 Å². The molecule has 7 nitrogen and oxygen atoms in total. The van der Waals surface area contributed by atoms with Gasteiger partial charge in [-0.2, -0.15) is 5.10 Å². The number of nitrogens with one attached hydrogen (secondary N) is 2. The second kappa shape index (κ2) is 5.63. The average Bonchev–Trinajstić information content (AvgIpc) is 2.56. The van der Waals surface area contributed by atoms with E-state index in [0.29, 0.717) is 5.69 Å². The average molecular weight is 255 g/mol. The molecule has 0 aliphatic carbocycles. The molecule has 0 bridgehead atoms. The van der Waals surface area contributed by atoms with Gasteiger partial charge >= 0.3 is 5.97 Å². The number of carboxylic acids is 1. The van der Waals surface area contributed by atoms with Crippen LogP contribution in [0.3, 0.4) is 0 Å². The minimum Gasteiger partial charge on any atom is -0.480 e. The Hall–Kier alpha value is -1.89. The van der Waals surface area contributed by atoms with Gasteiger partial charge in [0.1, 0.15) is 0 Å². The molecule has 0 spiro atoms. The summed E-state index contributed by atoms with van der Waals surface area (Å²) in [7, 11) is 0. The van der Waals surface area contributed by atoms with Crippen LogP contribution >= 0.6 is 0 Å². The van der Waals surface area contributed by atoms with Gasteiger partial charge in [0.2, 0.25) is 5.91 Å². The van der Waals surface area contributed by atoms with Gasteiger partial charge in [0, 0.05) is 11.3 Å². The Morgan fingerprint density at radius 2 is 2.06 bits per heavy atom. The van der Waals surface area contributed by atoms with Crippen LogP contribution in [0.15, 0.2) is 0 Å². The molecule has 7 heteroatoms. The Morgan fingerprint density at radius 3 is 2.44 bits per heavy atom. The molecule has 1 aromatic heterocycles. The lowest BCUT2D eigenvalue weighted by Crippen LogP contribution is -2.48. The largest absolute Gasteiger partial charge is 0.480 e. The molecule has 1 rings (SSSR count). The number of aromatic nitrogens is 2. The van der Waals surface area contributed by atoms with E-state index < -0.39 is 24.0 Å². The number of carboxylic acid groups (broad SMARTS) is 1. The number of aliphatic hydroxyl groups is 1. The Labute approximate surface area is 104 Å². The number of rotatable bonds is 5. The first kappa shape index (κ1) is 14.2. The standard InChI is InChI=1S/C11H17N3O4/c1-5-8(6(2)14-13-5)4-9(16)12-10(7(3)15)11(17)18/h7,10,15H,4H2,1-3H3,(H,12,16)(H,13,14)(H,17,18)/t7-,10+/m1/s1. The second-order valence-corrected chi connectivity index (χ2v) is 4.21. The van der Waals surface area contributed by atoms with E-state index in [2.05, 4.69) is 15.5 Å². The summed E-state index contributed by atoms with van der Waals surface area (Å²) in [6, 6.07) is -1.30. The highest BCUT2D eigenvalue weighted by Gasteiger charge is 2.25.